The lowest BCUT2D eigenvalue weighted by molar-refractivity contribution is -0.385. The number of aryl methyl sites for hydroxylation is 1. The molecule has 21 heavy (non-hydrogen) atoms. The van der Waals surface area contributed by atoms with E-state index in [1.807, 2.05) is 0 Å². The van der Waals surface area contributed by atoms with Crippen molar-refractivity contribution in [1.82, 2.24) is 10.2 Å². The van der Waals surface area contributed by atoms with Gasteiger partial charge in [-0.1, -0.05) is 0 Å². The minimum absolute atomic E-state index is 0.0399. The number of hydrogen-bond donors (Lipinski definition) is 2. The van der Waals surface area contributed by atoms with Crippen LogP contribution in [0.2, 0.25) is 0 Å². The van der Waals surface area contributed by atoms with Crippen molar-refractivity contribution in [2.24, 2.45) is 0 Å². The first-order chi connectivity index (χ1) is 9.85. The molecule has 0 amide bonds. The Labute approximate surface area is 119 Å². The molecule has 0 radical (unpaired) electrons. The van der Waals surface area contributed by atoms with E-state index in [1.165, 1.54) is 13.1 Å². The number of aromatic amines is 1. The van der Waals surface area contributed by atoms with E-state index in [1.54, 1.807) is 6.07 Å². The highest BCUT2D eigenvalue weighted by molar-refractivity contribution is 7.92. The molecular formula is C11H9N5O4S. The Bertz CT molecular complexity index is 850. The van der Waals surface area contributed by atoms with Crippen LogP contribution in [0, 0.1) is 28.4 Å². The maximum Gasteiger partial charge on any atom is 0.269 e. The third-order valence-corrected chi connectivity index (χ3v) is 4.17. The average Bonchev–Trinajstić information content (AvgIpc) is 2.84. The van der Waals surface area contributed by atoms with Gasteiger partial charge in [-0.2, -0.15) is 10.4 Å². The Morgan fingerprint density at radius 1 is 1.48 bits per heavy atom. The summed E-state index contributed by atoms with van der Waals surface area (Å²) in [6.07, 6.45) is 1.18. The van der Waals surface area contributed by atoms with Gasteiger partial charge in [-0.05, 0) is 18.6 Å². The summed E-state index contributed by atoms with van der Waals surface area (Å²) in [4.78, 5) is 9.91. The standard InChI is InChI=1S/C11H9N5O4S/c1-7-4-9(16(17)18)2-3-10(7)21(19,20)15-11-8(5-12)6-13-14-11/h2-4,6H,1H3,(H2,13,14,15). The minimum atomic E-state index is -3.98. The normalized spacial score (nSPS) is 10.9. The monoisotopic (exact) mass is 307 g/mol. The third kappa shape index (κ3) is 2.82. The summed E-state index contributed by atoms with van der Waals surface area (Å²) in [7, 11) is -3.98. The third-order valence-electron chi connectivity index (χ3n) is 2.66. The lowest BCUT2D eigenvalue weighted by Gasteiger charge is -2.08. The number of nitrogens with one attached hydrogen (secondary N) is 2. The van der Waals surface area contributed by atoms with Gasteiger partial charge in [-0.25, -0.2) is 8.42 Å². The van der Waals surface area contributed by atoms with Gasteiger partial charge in [0.25, 0.3) is 15.7 Å². The van der Waals surface area contributed by atoms with Crippen LogP contribution in [0.15, 0.2) is 29.3 Å². The first-order valence-electron chi connectivity index (χ1n) is 5.56. The Balaban J connectivity index is 2.41. The second-order valence-corrected chi connectivity index (χ2v) is 5.73. The largest absolute Gasteiger partial charge is 0.269 e. The molecule has 0 spiro atoms. The van der Waals surface area contributed by atoms with E-state index < -0.39 is 14.9 Å². The predicted molar refractivity (Wildman–Crippen MR) is 71.9 cm³/mol. The SMILES string of the molecule is Cc1cc([N+](=O)[O-])ccc1S(=O)(=O)Nc1[nH]ncc1C#N. The highest BCUT2D eigenvalue weighted by Gasteiger charge is 2.21. The molecule has 1 aromatic carbocycles. The second-order valence-electron chi connectivity index (χ2n) is 4.08. The molecule has 0 bridgehead atoms. The number of non-ortho nitro benzene ring substituents is 1. The molecule has 0 aliphatic rings. The van der Waals surface area contributed by atoms with Crippen LogP contribution in [0.5, 0.6) is 0 Å². The molecule has 9 nitrogen and oxygen atoms in total. The van der Waals surface area contributed by atoms with E-state index in [-0.39, 0.29) is 27.5 Å². The zero-order valence-corrected chi connectivity index (χ0v) is 11.5. The summed E-state index contributed by atoms with van der Waals surface area (Å²) >= 11 is 0. The fourth-order valence-electron chi connectivity index (χ4n) is 1.69. The zero-order chi connectivity index (χ0) is 15.6. The molecule has 10 heteroatoms. The van der Waals surface area contributed by atoms with Gasteiger partial charge in [0.1, 0.15) is 11.6 Å². The Hall–Kier alpha value is -2.93. The van der Waals surface area contributed by atoms with Crippen molar-refractivity contribution in [3.05, 3.63) is 45.6 Å². The molecule has 2 N–H and O–H groups in total. The summed E-state index contributed by atoms with van der Waals surface area (Å²) in [5.41, 5.74) is 0.0542. The van der Waals surface area contributed by atoms with E-state index in [9.17, 15) is 18.5 Å². The highest BCUT2D eigenvalue weighted by atomic mass is 32.2. The molecule has 0 atom stereocenters. The number of aromatic nitrogens is 2. The maximum absolute atomic E-state index is 12.2. The molecule has 1 aromatic heterocycles. The zero-order valence-electron chi connectivity index (χ0n) is 10.7. The number of anilines is 1. The lowest BCUT2D eigenvalue weighted by atomic mass is 10.2. The number of rotatable bonds is 4. The van der Waals surface area contributed by atoms with Crippen molar-refractivity contribution >= 4 is 21.5 Å². The highest BCUT2D eigenvalue weighted by Crippen LogP contribution is 2.23. The quantitative estimate of drug-likeness (QED) is 0.644. The summed E-state index contributed by atoms with van der Waals surface area (Å²) in [5.74, 6) is -0.0600. The summed E-state index contributed by atoms with van der Waals surface area (Å²) in [5, 5.41) is 25.4. The van der Waals surface area contributed by atoms with Crippen molar-refractivity contribution in [3.63, 3.8) is 0 Å². The first kappa shape index (κ1) is 14.5. The topological polar surface area (TPSA) is 142 Å². The summed E-state index contributed by atoms with van der Waals surface area (Å²) in [6.45, 7) is 1.44. The predicted octanol–water partition coefficient (Wildman–Crippen LogP) is 1.30. The van der Waals surface area contributed by atoms with Crippen LogP contribution in [0.3, 0.4) is 0 Å². The molecule has 2 aromatic rings. The summed E-state index contributed by atoms with van der Waals surface area (Å²) in [6, 6.07) is 5.17. The van der Waals surface area contributed by atoms with E-state index in [0.717, 1.165) is 18.2 Å². The molecule has 108 valence electrons. The van der Waals surface area contributed by atoms with Crippen LogP contribution in [0.4, 0.5) is 11.5 Å². The first-order valence-corrected chi connectivity index (χ1v) is 7.05. The molecule has 0 saturated carbocycles. The van der Waals surface area contributed by atoms with Gasteiger partial charge >= 0.3 is 0 Å². The van der Waals surface area contributed by atoms with E-state index >= 15 is 0 Å². The average molecular weight is 307 g/mol. The van der Waals surface area contributed by atoms with Gasteiger partial charge < -0.3 is 0 Å². The molecule has 0 aliphatic heterocycles. The van der Waals surface area contributed by atoms with Crippen LogP contribution in [-0.2, 0) is 10.0 Å². The number of nitro groups is 1. The van der Waals surface area contributed by atoms with Crippen LogP contribution >= 0.6 is 0 Å². The summed E-state index contributed by atoms with van der Waals surface area (Å²) < 4.78 is 26.6. The minimum Gasteiger partial charge on any atom is -0.263 e. The van der Waals surface area contributed by atoms with Crippen molar-refractivity contribution in [2.45, 2.75) is 11.8 Å². The van der Waals surface area contributed by atoms with Crippen LogP contribution in [0.1, 0.15) is 11.1 Å². The van der Waals surface area contributed by atoms with Crippen LogP contribution in [-0.4, -0.2) is 23.5 Å². The maximum atomic E-state index is 12.2. The van der Waals surface area contributed by atoms with Gasteiger partial charge in [0.05, 0.1) is 16.0 Å². The number of nitriles is 1. The Morgan fingerprint density at radius 2 is 2.19 bits per heavy atom. The van der Waals surface area contributed by atoms with Gasteiger partial charge in [-0.15, -0.1) is 0 Å². The fraction of sp³-hybridized carbons (Fsp3) is 0.0909. The van der Waals surface area contributed by atoms with Gasteiger partial charge in [-0.3, -0.25) is 19.9 Å². The lowest BCUT2D eigenvalue weighted by Crippen LogP contribution is -2.15. The second kappa shape index (κ2) is 5.22. The van der Waals surface area contributed by atoms with Gasteiger partial charge in [0, 0.05) is 12.1 Å². The van der Waals surface area contributed by atoms with Crippen molar-refractivity contribution in [1.29, 1.82) is 5.26 Å². The van der Waals surface area contributed by atoms with Crippen molar-refractivity contribution in [2.75, 3.05) is 4.72 Å². The molecule has 0 fully saturated rings. The number of H-pyrrole nitrogens is 1. The van der Waals surface area contributed by atoms with Crippen molar-refractivity contribution in [3.8, 4) is 6.07 Å². The fourth-order valence-corrected chi connectivity index (χ4v) is 2.95. The number of hydrogen-bond acceptors (Lipinski definition) is 6. The Morgan fingerprint density at radius 3 is 2.76 bits per heavy atom. The number of nitro benzene ring substituents is 1. The van der Waals surface area contributed by atoms with Crippen molar-refractivity contribution < 1.29 is 13.3 Å². The molecule has 1 heterocycles. The number of nitrogens with zero attached hydrogens (tertiary/aromatic N) is 3. The molecule has 0 unspecified atom stereocenters. The van der Waals surface area contributed by atoms with E-state index in [2.05, 4.69) is 14.9 Å². The van der Waals surface area contributed by atoms with E-state index in [4.69, 9.17) is 5.26 Å². The van der Waals surface area contributed by atoms with Crippen LogP contribution in [0.25, 0.3) is 0 Å². The molecule has 2 rings (SSSR count). The van der Waals surface area contributed by atoms with Crippen LogP contribution < -0.4 is 4.72 Å². The van der Waals surface area contributed by atoms with Gasteiger partial charge in [0.15, 0.2) is 5.82 Å². The molecular weight excluding hydrogens is 298 g/mol. The number of sulfonamides is 1. The molecule has 0 aliphatic carbocycles. The molecule has 0 saturated heterocycles. The van der Waals surface area contributed by atoms with E-state index in [0.29, 0.717) is 0 Å². The smallest absolute Gasteiger partial charge is 0.263 e. The van der Waals surface area contributed by atoms with Gasteiger partial charge in [0.2, 0.25) is 0 Å². The Kier molecular flexibility index (Phi) is 3.60. The number of benzene rings is 1.